The van der Waals surface area contributed by atoms with Crippen molar-refractivity contribution >= 4 is 44.7 Å². The smallest absolute Gasteiger partial charge is 0.205 e. The van der Waals surface area contributed by atoms with Crippen LogP contribution >= 0.6 is 44.7 Å². The van der Waals surface area contributed by atoms with Crippen LogP contribution in [0.25, 0.3) is 17.3 Å². The number of aromatic nitrogens is 3. The number of hydrogen-bond donors (Lipinski definition) is 0. The van der Waals surface area contributed by atoms with E-state index >= 15 is 0 Å². The van der Waals surface area contributed by atoms with Crippen LogP contribution in [0.3, 0.4) is 0 Å². The molecule has 0 bridgehead atoms. The summed E-state index contributed by atoms with van der Waals surface area (Å²) >= 11 is 5.10. The van der Waals surface area contributed by atoms with Crippen molar-refractivity contribution in [3.05, 3.63) is 77.0 Å². The lowest BCUT2D eigenvalue weighted by atomic mass is 10.2. The lowest BCUT2D eigenvalue weighted by Crippen LogP contribution is -1.99. The highest BCUT2D eigenvalue weighted by molar-refractivity contribution is 9.10. The van der Waals surface area contributed by atoms with Gasteiger partial charge in [-0.3, -0.25) is 4.57 Å². The molecule has 0 saturated heterocycles. The third-order valence-corrected chi connectivity index (χ3v) is 5.52. The van der Waals surface area contributed by atoms with Crippen LogP contribution in [0, 0.1) is 0 Å². The summed E-state index contributed by atoms with van der Waals surface area (Å²) in [7, 11) is 1.65. The van der Waals surface area contributed by atoms with Crippen molar-refractivity contribution in [1.82, 2.24) is 14.8 Å². The topological polar surface area (TPSA) is 53.1 Å². The molecule has 2 aromatic carbocycles. The first-order valence-corrected chi connectivity index (χ1v) is 10.0. The van der Waals surface area contributed by atoms with E-state index in [-0.39, 0.29) is 17.0 Å². The predicted molar refractivity (Wildman–Crippen MR) is 120 cm³/mol. The van der Waals surface area contributed by atoms with Crippen molar-refractivity contribution in [3.63, 3.8) is 0 Å². The molecular formula is C20H17Br2N3O2S. The number of thioether (sulfide) groups is 1. The number of methoxy groups -OCH3 is 1. The molecule has 0 spiro atoms. The molecule has 4 rings (SSSR count). The second kappa shape index (κ2) is 9.45. The zero-order valence-electron chi connectivity index (χ0n) is 14.9. The second-order valence-corrected chi connectivity index (χ2v) is 7.59. The Morgan fingerprint density at radius 1 is 1.04 bits per heavy atom. The number of halogens is 2. The Labute approximate surface area is 186 Å². The molecular weight excluding hydrogens is 506 g/mol. The number of rotatable bonds is 6. The van der Waals surface area contributed by atoms with E-state index in [1.807, 2.05) is 53.1 Å². The molecule has 28 heavy (non-hydrogen) atoms. The van der Waals surface area contributed by atoms with Crippen molar-refractivity contribution in [2.45, 2.75) is 10.9 Å². The zero-order valence-corrected chi connectivity index (χ0v) is 19.0. The van der Waals surface area contributed by atoms with Gasteiger partial charge in [-0.25, -0.2) is 0 Å². The molecule has 0 radical (unpaired) electrons. The van der Waals surface area contributed by atoms with E-state index in [1.165, 1.54) is 5.56 Å². The van der Waals surface area contributed by atoms with Gasteiger partial charge in [0.05, 0.1) is 19.1 Å². The molecule has 4 aromatic rings. The molecule has 5 nitrogen and oxygen atoms in total. The molecule has 0 fully saturated rings. The summed E-state index contributed by atoms with van der Waals surface area (Å²) in [4.78, 5) is 0. The van der Waals surface area contributed by atoms with Crippen LogP contribution < -0.4 is 4.74 Å². The van der Waals surface area contributed by atoms with Crippen molar-refractivity contribution in [2.24, 2.45) is 0 Å². The minimum absolute atomic E-state index is 0. The number of furan rings is 1. The van der Waals surface area contributed by atoms with Gasteiger partial charge < -0.3 is 9.15 Å². The fourth-order valence-electron chi connectivity index (χ4n) is 2.62. The van der Waals surface area contributed by atoms with Crippen LogP contribution in [0.4, 0.5) is 0 Å². The predicted octanol–water partition coefficient (Wildman–Crippen LogP) is 6.17. The molecule has 2 heterocycles. The normalized spacial score (nSPS) is 10.5. The van der Waals surface area contributed by atoms with Gasteiger partial charge in [-0.1, -0.05) is 39.8 Å². The van der Waals surface area contributed by atoms with E-state index in [1.54, 1.807) is 25.1 Å². The summed E-state index contributed by atoms with van der Waals surface area (Å²) in [5, 5.41) is 9.56. The molecule has 2 aromatic heterocycles. The van der Waals surface area contributed by atoms with E-state index in [2.05, 4.69) is 38.3 Å². The van der Waals surface area contributed by atoms with E-state index in [0.717, 1.165) is 26.8 Å². The molecule has 0 aliphatic rings. The van der Waals surface area contributed by atoms with Crippen molar-refractivity contribution in [3.8, 4) is 23.0 Å². The summed E-state index contributed by atoms with van der Waals surface area (Å²) in [6.07, 6.45) is 1.64. The summed E-state index contributed by atoms with van der Waals surface area (Å²) in [6, 6.07) is 19.8. The van der Waals surface area contributed by atoms with Gasteiger partial charge >= 0.3 is 0 Å². The molecule has 0 aliphatic carbocycles. The van der Waals surface area contributed by atoms with Crippen molar-refractivity contribution in [1.29, 1.82) is 0 Å². The third-order valence-electron chi connectivity index (χ3n) is 3.99. The van der Waals surface area contributed by atoms with Gasteiger partial charge in [-0.2, -0.15) is 0 Å². The largest absolute Gasteiger partial charge is 0.497 e. The summed E-state index contributed by atoms with van der Waals surface area (Å²) in [5.74, 6) is 2.94. The highest BCUT2D eigenvalue weighted by Gasteiger charge is 2.18. The summed E-state index contributed by atoms with van der Waals surface area (Å²) < 4.78 is 13.9. The Balaban J connectivity index is 0.00000225. The van der Waals surface area contributed by atoms with Gasteiger partial charge in [0.2, 0.25) is 5.82 Å². The minimum atomic E-state index is 0. The number of nitrogens with zero attached hydrogens (tertiary/aromatic N) is 3. The van der Waals surface area contributed by atoms with Gasteiger partial charge in [0, 0.05) is 10.2 Å². The first kappa shape index (κ1) is 20.7. The van der Waals surface area contributed by atoms with Crippen LogP contribution in [0.1, 0.15) is 5.56 Å². The summed E-state index contributed by atoms with van der Waals surface area (Å²) in [5.41, 5.74) is 2.16. The fourth-order valence-corrected chi connectivity index (χ4v) is 3.79. The molecule has 144 valence electrons. The van der Waals surface area contributed by atoms with Crippen LogP contribution in [0.2, 0.25) is 0 Å². The molecule has 0 amide bonds. The van der Waals surface area contributed by atoms with Gasteiger partial charge in [-0.05, 0) is 54.1 Å². The monoisotopic (exact) mass is 521 g/mol. The van der Waals surface area contributed by atoms with Crippen LogP contribution in [-0.2, 0) is 5.75 Å². The SMILES string of the molecule is Br.COc1ccc(-n2c(SCc3ccc(Br)cc3)nnc2-c2ccco2)cc1. The Bertz CT molecular complexity index is 1020. The number of ether oxygens (including phenoxy) is 1. The van der Waals surface area contributed by atoms with E-state index in [0.29, 0.717) is 11.6 Å². The van der Waals surface area contributed by atoms with Crippen molar-refractivity contribution < 1.29 is 9.15 Å². The standard InChI is InChI=1S/C20H16BrN3O2S.BrH/c1-25-17-10-8-16(9-11-17)24-19(18-3-2-12-26-18)22-23-20(24)27-13-14-4-6-15(21)7-5-14;/h2-12H,13H2,1H3;1H. The van der Waals surface area contributed by atoms with Gasteiger partial charge in [0.15, 0.2) is 10.9 Å². The van der Waals surface area contributed by atoms with E-state index in [9.17, 15) is 0 Å². The number of benzene rings is 2. The highest BCUT2D eigenvalue weighted by atomic mass is 79.9. The maximum atomic E-state index is 5.55. The lowest BCUT2D eigenvalue weighted by molar-refractivity contribution is 0.414. The first-order valence-electron chi connectivity index (χ1n) is 8.25. The first-order chi connectivity index (χ1) is 13.2. The zero-order chi connectivity index (χ0) is 18.6. The molecule has 0 unspecified atom stereocenters. The summed E-state index contributed by atoms with van der Waals surface area (Å²) in [6.45, 7) is 0. The molecule has 0 saturated carbocycles. The average molecular weight is 523 g/mol. The molecule has 8 heteroatoms. The Kier molecular flexibility index (Phi) is 6.98. The second-order valence-electron chi connectivity index (χ2n) is 5.73. The Morgan fingerprint density at radius 3 is 2.43 bits per heavy atom. The lowest BCUT2D eigenvalue weighted by Gasteiger charge is -2.10. The van der Waals surface area contributed by atoms with Gasteiger partial charge in [0.25, 0.3) is 0 Å². The Hall–Kier alpha value is -2.03. The van der Waals surface area contributed by atoms with Crippen LogP contribution in [0.5, 0.6) is 5.75 Å². The van der Waals surface area contributed by atoms with Gasteiger partial charge in [0.1, 0.15) is 5.75 Å². The van der Waals surface area contributed by atoms with Crippen LogP contribution in [0.15, 0.2) is 81.0 Å². The van der Waals surface area contributed by atoms with E-state index < -0.39 is 0 Å². The van der Waals surface area contributed by atoms with E-state index in [4.69, 9.17) is 9.15 Å². The van der Waals surface area contributed by atoms with Gasteiger partial charge in [-0.15, -0.1) is 27.2 Å². The third kappa shape index (κ3) is 4.51. The van der Waals surface area contributed by atoms with Crippen LogP contribution in [-0.4, -0.2) is 21.9 Å². The maximum Gasteiger partial charge on any atom is 0.205 e. The average Bonchev–Trinajstić information content (AvgIpc) is 3.37. The Morgan fingerprint density at radius 2 is 1.79 bits per heavy atom. The fraction of sp³-hybridized carbons (Fsp3) is 0.100. The molecule has 0 N–H and O–H groups in total. The van der Waals surface area contributed by atoms with Crippen molar-refractivity contribution in [2.75, 3.05) is 7.11 Å². The quantitative estimate of drug-likeness (QED) is 0.283. The number of hydrogen-bond acceptors (Lipinski definition) is 5. The highest BCUT2D eigenvalue weighted by Crippen LogP contribution is 2.30. The maximum absolute atomic E-state index is 5.55. The minimum Gasteiger partial charge on any atom is -0.497 e. The molecule has 0 aliphatic heterocycles. The molecule has 0 atom stereocenters.